The van der Waals surface area contributed by atoms with E-state index in [-0.39, 0.29) is 0 Å². The van der Waals surface area contributed by atoms with Gasteiger partial charge in [0.1, 0.15) is 11.0 Å². The Morgan fingerprint density at radius 3 is 2.45 bits per heavy atom. The van der Waals surface area contributed by atoms with E-state index in [9.17, 15) is 9.59 Å². The Kier molecular flexibility index (Phi) is 5.22. The van der Waals surface area contributed by atoms with Crippen LogP contribution in [0.4, 0.5) is 10.5 Å². The molecule has 6 nitrogen and oxygen atoms in total. The molecule has 0 fully saturated rings. The van der Waals surface area contributed by atoms with Gasteiger partial charge in [-0.15, -0.1) is 11.3 Å². The summed E-state index contributed by atoms with van der Waals surface area (Å²) in [7, 11) is 0. The van der Waals surface area contributed by atoms with Gasteiger partial charge in [0.25, 0.3) is 5.91 Å². The first-order valence-corrected chi connectivity index (χ1v) is 9.79. The molecule has 0 saturated heterocycles. The summed E-state index contributed by atoms with van der Waals surface area (Å²) < 4.78 is 1.11. The highest BCUT2D eigenvalue weighted by molar-refractivity contribution is 7.21. The van der Waals surface area contributed by atoms with Crippen molar-refractivity contribution in [3.8, 4) is 10.6 Å². The summed E-state index contributed by atoms with van der Waals surface area (Å²) in [5, 5.41) is 6.25. The maximum absolute atomic E-state index is 12.5. The van der Waals surface area contributed by atoms with Crippen LogP contribution in [0.5, 0.6) is 0 Å². The molecule has 4 rings (SSSR count). The summed E-state index contributed by atoms with van der Waals surface area (Å²) in [6, 6.07) is 23.2. The van der Waals surface area contributed by atoms with Crippen molar-refractivity contribution in [1.82, 2.24) is 10.3 Å². The Morgan fingerprint density at radius 1 is 0.931 bits per heavy atom. The maximum atomic E-state index is 12.5. The summed E-state index contributed by atoms with van der Waals surface area (Å²) in [5.74, 6) is -0.519. The fourth-order valence-corrected chi connectivity index (χ4v) is 4.01. The van der Waals surface area contributed by atoms with E-state index >= 15 is 0 Å². The van der Waals surface area contributed by atoms with Gasteiger partial charge in [-0.05, 0) is 29.8 Å². The number of aromatic nitrogens is 1. The second-order valence-electron chi connectivity index (χ2n) is 6.41. The minimum absolute atomic E-state index is 0.519. The summed E-state index contributed by atoms with van der Waals surface area (Å²) >= 11 is 1.61. The molecule has 0 saturated carbocycles. The van der Waals surface area contributed by atoms with Gasteiger partial charge in [0.05, 0.1) is 10.2 Å². The minimum Gasteiger partial charge on any atom is -0.370 e. The first-order valence-electron chi connectivity index (χ1n) is 8.98. The summed E-state index contributed by atoms with van der Waals surface area (Å²) in [6.45, 7) is 0. The van der Waals surface area contributed by atoms with Gasteiger partial charge in [0, 0.05) is 11.3 Å². The van der Waals surface area contributed by atoms with Gasteiger partial charge < -0.3 is 11.1 Å². The number of amides is 3. The SMILES string of the molecule is NC(=O)NC(=O)[C@@H](Nc1cccc(-c2nc3ccccc3s2)c1)c1ccccc1. The zero-order valence-electron chi connectivity index (χ0n) is 15.3. The van der Waals surface area contributed by atoms with E-state index in [4.69, 9.17) is 5.73 Å². The van der Waals surface area contributed by atoms with Crippen LogP contribution in [0.15, 0.2) is 78.9 Å². The topological polar surface area (TPSA) is 97.1 Å². The van der Waals surface area contributed by atoms with Crippen LogP contribution in [-0.2, 0) is 4.79 Å². The molecule has 1 heterocycles. The quantitative estimate of drug-likeness (QED) is 0.463. The lowest BCUT2D eigenvalue weighted by Gasteiger charge is -2.19. The number of benzene rings is 3. The number of nitrogens with zero attached hydrogens (tertiary/aromatic N) is 1. The van der Waals surface area contributed by atoms with Gasteiger partial charge in [-0.1, -0.05) is 54.6 Å². The fraction of sp³-hybridized carbons (Fsp3) is 0.0455. The smallest absolute Gasteiger partial charge is 0.318 e. The standard InChI is InChI=1S/C22H18N4O2S/c23-22(28)26-20(27)19(14-7-2-1-3-8-14)24-16-10-6-9-15(13-16)21-25-17-11-4-5-12-18(17)29-21/h1-13,19,24H,(H3,23,26,27,28)/t19-/m0/s1. The zero-order chi connectivity index (χ0) is 20.2. The van der Waals surface area contributed by atoms with Crippen LogP contribution < -0.4 is 16.4 Å². The van der Waals surface area contributed by atoms with Crippen LogP contribution >= 0.6 is 11.3 Å². The van der Waals surface area contributed by atoms with E-state index in [2.05, 4.69) is 15.6 Å². The van der Waals surface area contributed by atoms with Crippen molar-refractivity contribution < 1.29 is 9.59 Å². The fourth-order valence-electron chi connectivity index (χ4n) is 3.04. The number of primary amides is 1. The maximum Gasteiger partial charge on any atom is 0.318 e. The van der Waals surface area contributed by atoms with Crippen LogP contribution in [-0.4, -0.2) is 16.9 Å². The van der Waals surface area contributed by atoms with Crippen LogP contribution in [0, 0.1) is 0 Å². The van der Waals surface area contributed by atoms with Crippen molar-refractivity contribution in [2.45, 2.75) is 6.04 Å². The third-order valence-electron chi connectivity index (χ3n) is 4.36. The Labute approximate surface area is 171 Å². The highest BCUT2D eigenvalue weighted by Gasteiger charge is 2.22. The van der Waals surface area contributed by atoms with E-state index in [0.717, 1.165) is 32.0 Å². The minimum atomic E-state index is -0.888. The molecule has 144 valence electrons. The molecule has 4 aromatic rings. The Bertz CT molecular complexity index is 1140. The highest BCUT2D eigenvalue weighted by atomic mass is 32.1. The second-order valence-corrected chi connectivity index (χ2v) is 7.44. The van der Waals surface area contributed by atoms with Gasteiger partial charge in [-0.25, -0.2) is 9.78 Å². The molecule has 0 aliphatic carbocycles. The van der Waals surface area contributed by atoms with Crippen molar-refractivity contribution in [2.24, 2.45) is 5.73 Å². The molecule has 0 radical (unpaired) electrons. The first-order chi connectivity index (χ1) is 14.1. The molecule has 3 aromatic carbocycles. The zero-order valence-corrected chi connectivity index (χ0v) is 16.1. The third kappa shape index (κ3) is 4.25. The van der Waals surface area contributed by atoms with Crippen molar-refractivity contribution in [3.05, 3.63) is 84.4 Å². The monoisotopic (exact) mass is 402 g/mol. The van der Waals surface area contributed by atoms with Crippen molar-refractivity contribution in [2.75, 3.05) is 5.32 Å². The number of imide groups is 1. The lowest BCUT2D eigenvalue weighted by atomic mass is 10.1. The molecule has 0 aliphatic rings. The van der Waals surface area contributed by atoms with Gasteiger partial charge >= 0.3 is 6.03 Å². The molecule has 1 atom stereocenters. The summed E-state index contributed by atoms with van der Waals surface area (Å²) in [5.41, 5.74) is 8.48. The summed E-state index contributed by atoms with van der Waals surface area (Å²) in [6.07, 6.45) is 0. The molecule has 29 heavy (non-hydrogen) atoms. The highest BCUT2D eigenvalue weighted by Crippen LogP contribution is 2.32. The van der Waals surface area contributed by atoms with E-state index in [1.807, 2.05) is 78.9 Å². The van der Waals surface area contributed by atoms with E-state index in [1.54, 1.807) is 11.3 Å². The van der Waals surface area contributed by atoms with Gasteiger partial charge in [0.15, 0.2) is 0 Å². The average molecular weight is 402 g/mol. The number of rotatable bonds is 5. The van der Waals surface area contributed by atoms with E-state index in [1.165, 1.54) is 0 Å². The number of carbonyl (C=O) groups excluding carboxylic acids is 2. The number of anilines is 1. The number of para-hydroxylation sites is 1. The van der Waals surface area contributed by atoms with Crippen molar-refractivity contribution in [1.29, 1.82) is 0 Å². The molecular weight excluding hydrogens is 384 g/mol. The molecule has 0 spiro atoms. The molecule has 4 N–H and O–H groups in total. The van der Waals surface area contributed by atoms with Gasteiger partial charge in [-0.3, -0.25) is 10.1 Å². The largest absolute Gasteiger partial charge is 0.370 e. The number of hydrogen-bond acceptors (Lipinski definition) is 5. The Hall–Kier alpha value is -3.71. The summed E-state index contributed by atoms with van der Waals surface area (Å²) in [4.78, 5) is 28.4. The molecule has 1 aromatic heterocycles. The second kappa shape index (κ2) is 8.12. The lowest BCUT2D eigenvalue weighted by molar-refractivity contribution is -0.120. The van der Waals surface area contributed by atoms with Crippen LogP contribution in [0.2, 0.25) is 0 Å². The number of carbonyl (C=O) groups is 2. The van der Waals surface area contributed by atoms with Crippen molar-refractivity contribution in [3.63, 3.8) is 0 Å². The Balaban J connectivity index is 1.65. The number of urea groups is 1. The van der Waals surface area contributed by atoms with Crippen LogP contribution in [0.3, 0.4) is 0 Å². The van der Waals surface area contributed by atoms with Crippen LogP contribution in [0.25, 0.3) is 20.8 Å². The van der Waals surface area contributed by atoms with Gasteiger partial charge in [-0.2, -0.15) is 0 Å². The van der Waals surface area contributed by atoms with Gasteiger partial charge in [0.2, 0.25) is 0 Å². The number of nitrogens with two attached hydrogens (primary N) is 1. The predicted octanol–water partition coefficient (Wildman–Crippen LogP) is 4.31. The van der Waals surface area contributed by atoms with Crippen molar-refractivity contribution >= 4 is 39.2 Å². The predicted molar refractivity (Wildman–Crippen MR) is 116 cm³/mol. The lowest BCUT2D eigenvalue weighted by Crippen LogP contribution is -2.40. The average Bonchev–Trinajstić information content (AvgIpc) is 3.17. The van der Waals surface area contributed by atoms with Crippen LogP contribution in [0.1, 0.15) is 11.6 Å². The third-order valence-corrected chi connectivity index (χ3v) is 5.44. The Morgan fingerprint density at radius 2 is 1.69 bits per heavy atom. The molecule has 3 amide bonds. The molecular formula is C22H18N4O2S. The number of fused-ring (bicyclic) bond motifs is 1. The number of thiazole rings is 1. The van der Waals surface area contributed by atoms with E-state index < -0.39 is 18.0 Å². The molecule has 7 heteroatoms. The molecule has 0 aliphatic heterocycles. The first kappa shape index (κ1) is 18.6. The number of hydrogen-bond donors (Lipinski definition) is 3. The van der Waals surface area contributed by atoms with E-state index in [0.29, 0.717) is 0 Å². The molecule has 0 unspecified atom stereocenters. The molecule has 0 bridgehead atoms. The normalized spacial score (nSPS) is 11.7. The number of nitrogens with one attached hydrogen (secondary N) is 2.